The zero-order valence-electron chi connectivity index (χ0n) is 13.4. The van der Waals surface area contributed by atoms with Gasteiger partial charge in [-0.15, -0.1) is 0 Å². The topological polar surface area (TPSA) is 103 Å². The molecule has 0 amide bonds. The zero-order chi connectivity index (χ0) is 17.1. The molecule has 1 aliphatic carbocycles. The van der Waals surface area contributed by atoms with Crippen LogP contribution in [0, 0.1) is 0 Å². The summed E-state index contributed by atoms with van der Waals surface area (Å²) in [6.45, 7) is 1.98. The summed E-state index contributed by atoms with van der Waals surface area (Å²) in [5.41, 5.74) is 23.7. The molecule has 0 bridgehead atoms. The molecule has 1 aliphatic rings. The van der Waals surface area contributed by atoms with E-state index >= 15 is 0 Å². The standard InChI is InChI=1S/C19H19N5/c1-12-10-19(24-16-8-4-14(21)5-9-16)17(22)11-18(12)23-15-6-2-13(20)3-7-15/h2-11H,20-22H2,1H3. The molecular weight excluding hydrogens is 298 g/mol. The second kappa shape index (κ2) is 6.42. The van der Waals surface area contributed by atoms with Crippen LogP contribution < -0.4 is 17.2 Å². The quantitative estimate of drug-likeness (QED) is 0.583. The highest BCUT2D eigenvalue weighted by atomic mass is 14.8. The number of allylic oxidation sites excluding steroid dienone is 3. The van der Waals surface area contributed by atoms with Gasteiger partial charge in [-0.1, -0.05) is 0 Å². The second-order valence-corrected chi connectivity index (χ2v) is 5.60. The van der Waals surface area contributed by atoms with Crippen molar-refractivity contribution in [2.75, 3.05) is 11.5 Å². The number of anilines is 2. The van der Waals surface area contributed by atoms with E-state index in [1.807, 2.05) is 67.6 Å². The third-order valence-corrected chi connectivity index (χ3v) is 3.63. The van der Waals surface area contributed by atoms with E-state index in [1.54, 1.807) is 0 Å². The van der Waals surface area contributed by atoms with Crippen molar-refractivity contribution in [1.82, 2.24) is 0 Å². The van der Waals surface area contributed by atoms with Gasteiger partial charge in [-0.2, -0.15) is 0 Å². The molecule has 0 unspecified atom stereocenters. The number of rotatable bonds is 2. The van der Waals surface area contributed by atoms with Crippen LogP contribution in [-0.2, 0) is 0 Å². The molecule has 5 nitrogen and oxygen atoms in total. The molecule has 5 heteroatoms. The Morgan fingerprint density at radius 2 is 1.08 bits per heavy atom. The minimum absolute atomic E-state index is 0.576. The normalized spacial score (nSPS) is 17.7. The van der Waals surface area contributed by atoms with Crippen LogP contribution in [0.2, 0.25) is 0 Å². The van der Waals surface area contributed by atoms with Crippen LogP contribution in [0.5, 0.6) is 0 Å². The number of nitrogens with zero attached hydrogens (tertiary/aromatic N) is 2. The first-order chi connectivity index (χ1) is 11.5. The number of hydrogen-bond acceptors (Lipinski definition) is 5. The fourth-order valence-corrected chi connectivity index (χ4v) is 2.29. The lowest BCUT2D eigenvalue weighted by Gasteiger charge is -2.13. The molecule has 0 radical (unpaired) electrons. The molecule has 24 heavy (non-hydrogen) atoms. The van der Waals surface area contributed by atoms with E-state index in [2.05, 4.69) is 9.98 Å². The lowest BCUT2D eigenvalue weighted by Crippen LogP contribution is -2.17. The second-order valence-electron chi connectivity index (χ2n) is 5.60. The molecule has 0 spiro atoms. The SMILES string of the molecule is CC1=CC(=Nc2ccc(N)cc2)C(N)=CC1=Nc1ccc(N)cc1. The van der Waals surface area contributed by atoms with Crippen LogP contribution in [0.25, 0.3) is 0 Å². The lowest BCUT2D eigenvalue weighted by atomic mass is 10.0. The minimum Gasteiger partial charge on any atom is -0.399 e. The predicted molar refractivity (Wildman–Crippen MR) is 102 cm³/mol. The average molecular weight is 317 g/mol. The van der Waals surface area contributed by atoms with Gasteiger partial charge in [0.25, 0.3) is 0 Å². The largest absolute Gasteiger partial charge is 0.399 e. The van der Waals surface area contributed by atoms with Crippen molar-refractivity contribution in [3.05, 3.63) is 72.0 Å². The van der Waals surface area contributed by atoms with Crippen LogP contribution in [0.4, 0.5) is 22.7 Å². The summed E-state index contributed by atoms with van der Waals surface area (Å²) in [6.07, 6.45) is 3.77. The molecule has 6 N–H and O–H groups in total. The van der Waals surface area contributed by atoms with Crippen LogP contribution in [0.3, 0.4) is 0 Å². The van der Waals surface area contributed by atoms with Crippen molar-refractivity contribution in [2.45, 2.75) is 6.92 Å². The summed E-state index contributed by atoms with van der Waals surface area (Å²) < 4.78 is 0. The summed E-state index contributed by atoms with van der Waals surface area (Å²) in [7, 11) is 0. The lowest BCUT2D eigenvalue weighted by molar-refractivity contribution is 1.39. The summed E-state index contributed by atoms with van der Waals surface area (Å²) in [6, 6.07) is 14.7. The maximum absolute atomic E-state index is 6.15. The first-order valence-electron chi connectivity index (χ1n) is 7.56. The predicted octanol–water partition coefficient (Wildman–Crippen LogP) is 3.50. The van der Waals surface area contributed by atoms with Gasteiger partial charge in [0.2, 0.25) is 0 Å². The summed E-state index contributed by atoms with van der Waals surface area (Å²) in [5, 5.41) is 0. The third kappa shape index (κ3) is 3.52. The van der Waals surface area contributed by atoms with Crippen LogP contribution in [0.15, 0.2) is 81.9 Å². The molecular formula is C19H19N5. The average Bonchev–Trinajstić information content (AvgIpc) is 2.56. The highest BCUT2D eigenvalue weighted by molar-refractivity contribution is 6.24. The maximum atomic E-state index is 6.15. The van der Waals surface area contributed by atoms with E-state index in [1.165, 1.54) is 0 Å². The summed E-state index contributed by atoms with van der Waals surface area (Å²) >= 11 is 0. The molecule has 0 fully saturated rings. The van der Waals surface area contributed by atoms with Crippen LogP contribution in [-0.4, -0.2) is 11.4 Å². The third-order valence-electron chi connectivity index (χ3n) is 3.63. The fourth-order valence-electron chi connectivity index (χ4n) is 2.29. The zero-order valence-corrected chi connectivity index (χ0v) is 13.4. The van der Waals surface area contributed by atoms with E-state index in [0.717, 1.165) is 22.7 Å². The van der Waals surface area contributed by atoms with Gasteiger partial charge in [-0.25, -0.2) is 9.98 Å². The Kier molecular flexibility index (Phi) is 4.16. The Hall–Kier alpha value is -3.34. The Morgan fingerprint density at radius 3 is 1.58 bits per heavy atom. The molecule has 0 saturated heterocycles. The number of benzene rings is 2. The van der Waals surface area contributed by atoms with E-state index in [-0.39, 0.29) is 0 Å². The van der Waals surface area contributed by atoms with E-state index in [4.69, 9.17) is 17.2 Å². The number of hydrogen-bond donors (Lipinski definition) is 3. The highest BCUT2D eigenvalue weighted by Gasteiger charge is 2.12. The number of nitrogens with two attached hydrogens (primary N) is 3. The van der Waals surface area contributed by atoms with Crippen molar-refractivity contribution in [3.63, 3.8) is 0 Å². The number of nitrogen functional groups attached to an aromatic ring is 2. The molecule has 2 aromatic rings. The van der Waals surface area contributed by atoms with Crippen molar-refractivity contribution < 1.29 is 0 Å². The number of aliphatic imine (C=N–C) groups is 2. The van der Waals surface area contributed by atoms with Crippen molar-refractivity contribution in [2.24, 2.45) is 15.7 Å². The maximum Gasteiger partial charge on any atom is 0.0870 e. The van der Waals surface area contributed by atoms with Crippen molar-refractivity contribution >= 4 is 34.2 Å². The molecule has 3 rings (SSSR count). The molecule has 0 saturated carbocycles. The van der Waals surface area contributed by atoms with Gasteiger partial charge in [0.1, 0.15) is 0 Å². The Morgan fingerprint density at radius 1 is 0.625 bits per heavy atom. The molecule has 0 aromatic heterocycles. The molecule has 0 aliphatic heterocycles. The van der Waals surface area contributed by atoms with E-state index < -0.39 is 0 Å². The van der Waals surface area contributed by atoms with E-state index in [0.29, 0.717) is 22.8 Å². The molecule has 0 heterocycles. The van der Waals surface area contributed by atoms with Gasteiger partial charge in [-0.3, -0.25) is 0 Å². The molecule has 2 aromatic carbocycles. The van der Waals surface area contributed by atoms with E-state index in [9.17, 15) is 0 Å². The van der Waals surface area contributed by atoms with Crippen molar-refractivity contribution in [3.8, 4) is 0 Å². The van der Waals surface area contributed by atoms with Gasteiger partial charge >= 0.3 is 0 Å². The van der Waals surface area contributed by atoms with Gasteiger partial charge < -0.3 is 17.2 Å². The van der Waals surface area contributed by atoms with Gasteiger partial charge in [0.05, 0.1) is 28.5 Å². The molecule has 120 valence electrons. The Balaban J connectivity index is 1.91. The Labute approximate surface area is 140 Å². The van der Waals surface area contributed by atoms with Gasteiger partial charge in [-0.05, 0) is 73.2 Å². The first kappa shape index (κ1) is 15.6. The summed E-state index contributed by atoms with van der Waals surface area (Å²) in [4.78, 5) is 9.17. The minimum atomic E-state index is 0.576. The highest BCUT2D eigenvalue weighted by Crippen LogP contribution is 2.21. The van der Waals surface area contributed by atoms with Crippen LogP contribution in [0.1, 0.15) is 6.92 Å². The fraction of sp³-hybridized carbons (Fsp3) is 0.0526. The smallest absolute Gasteiger partial charge is 0.0870 e. The monoisotopic (exact) mass is 317 g/mol. The van der Waals surface area contributed by atoms with Crippen LogP contribution >= 0.6 is 0 Å². The van der Waals surface area contributed by atoms with Crippen molar-refractivity contribution in [1.29, 1.82) is 0 Å². The molecule has 0 atom stereocenters. The first-order valence-corrected chi connectivity index (χ1v) is 7.56. The summed E-state index contributed by atoms with van der Waals surface area (Å²) in [5.74, 6) is 0. The van der Waals surface area contributed by atoms with Gasteiger partial charge in [0.15, 0.2) is 0 Å². The Bertz CT molecular complexity index is 793. The van der Waals surface area contributed by atoms with Gasteiger partial charge in [0, 0.05) is 11.4 Å².